The summed E-state index contributed by atoms with van der Waals surface area (Å²) >= 11 is 0. The molecule has 0 bridgehead atoms. The molecule has 1 aromatic carbocycles. The van der Waals surface area contributed by atoms with Crippen LogP contribution in [0.5, 0.6) is 11.5 Å². The van der Waals surface area contributed by atoms with Crippen LogP contribution in [0.3, 0.4) is 0 Å². The Morgan fingerprint density at radius 3 is 2.75 bits per heavy atom. The van der Waals surface area contributed by atoms with Crippen molar-refractivity contribution in [2.45, 2.75) is 51.7 Å². The highest BCUT2D eigenvalue weighted by atomic mass is 16.7. The van der Waals surface area contributed by atoms with Gasteiger partial charge < -0.3 is 19.5 Å². The fourth-order valence-electron chi connectivity index (χ4n) is 4.06. The van der Waals surface area contributed by atoms with Gasteiger partial charge in [0.05, 0.1) is 12.8 Å². The third-order valence-electron chi connectivity index (χ3n) is 5.60. The first-order valence-corrected chi connectivity index (χ1v) is 10.9. The Balaban J connectivity index is 1.45. The van der Waals surface area contributed by atoms with E-state index >= 15 is 0 Å². The predicted molar refractivity (Wildman–Crippen MR) is 117 cm³/mol. The number of fused-ring (bicyclic) bond motifs is 1. The first kappa shape index (κ1) is 20.3. The van der Waals surface area contributed by atoms with Crippen molar-refractivity contribution in [3.8, 4) is 17.4 Å². The van der Waals surface area contributed by atoms with Gasteiger partial charge in [0.15, 0.2) is 17.3 Å². The van der Waals surface area contributed by atoms with Gasteiger partial charge >= 0.3 is 5.97 Å². The van der Waals surface area contributed by atoms with Crippen molar-refractivity contribution in [2.75, 3.05) is 11.9 Å². The molecule has 32 heavy (non-hydrogen) atoms. The smallest absolute Gasteiger partial charge is 0.343 e. The third kappa shape index (κ3) is 3.86. The predicted octanol–water partition coefficient (Wildman–Crippen LogP) is 4.32. The molecule has 1 aliphatic carbocycles. The number of carbonyl (C=O) groups excluding carboxylic acids is 1. The van der Waals surface area contributed by atoms with Gasteiger partial charge in [0.1, 0.15) is 5.56 Å². The Hall–Kier alpha value is -3.62. The molecular formula is C23H25N5O4. The fraction of sp³-hybridized carbons (Fsp3) is 0.391. The maximum Gasteiger partial charge on any atom is 0.343 e. The molecule has 0 radical (unpaired) electrons. The Labute approximate surface area is 185 Å². The summed E-state index contributed by atoms with van der Waals surface area (Å²) in [7, 11) is 0. The van der Waals surface area contributed by atoms with Crippen molar-refractivity contribution in [3.63, 3.8) is 0 Å². The number of benzene rings is 1. The lowest BCUT2D eigenvalue weighted by molar-refractivity contribution is -0.105. The average molecular weight is 435 g/mol. The summed E-state index contributed by atoms with van der Waals surface area (Å²) in [5.74, 6) is 1.04. The molecule has 1 fully saturated rings. The van der Waals surface area contributed by atoms with Crippen molar-refractivity contribution < 1.29 is 19.0 Å². The number of anilines is 2. The van der Waals surface area contributed by atoms with E-state index in [4.69, 9.17) is 14.2 Å². The summed E-state index contributed by atoms with van der Waals surface area (Å²) in [4.78, 5) is 21.3. The normalized spacial score (nSPS) is 16.2. The van der Waals surface area contributed by atoms with Crippen molar-refractivity contribution >= 4 is 17.5 Å². The SMILES string of the molecule is CCOC(=O)c1cnc(-n2cc(C)cn2)nc1Nc1ccc2c(c1)OC1(CCCCC1)O2. The quantitative estimate of drug-likeness (QED) is 0.592. The molecule has 166 valence electrons. The Bertz CT molecular complexity index is 1150. The van der Waals surface area contributed by atoms with Crippen molar-refractivity contribution in [2.24, 2.45) is 0 Å². The molecule has 5 rings (SSSR count). The van der Waals surface area contributed by atoms with Crippen LogP contribution in [0.1, 0.15) is 54.9 Å². The van der Waals surface area contributed by atoms with Crippen LogP contribution in [-0.2, 0) is 4.74 Å². The van der Waals surface area contributed by atoms with E-state index in [9.17, 15) is 4.79 Å². The third-order valence-corrected chi connectivity index (χ3v) is 5.60. The molecule has 3 aromatic rings. The van der Waals surface area contributed by atoms with Crippen LogP contribution in [0, 0.1) is 6.92 Å². The van der Waals surface area contributed by atoms with Gasteiger partial charge in [-0.2, -0.15) is 10.1 Å². The highest BCUT2D eigenvalue weighted by Gasteiger charge is 2.42. The number of carbonyl (C=O) groups is 1. The van der Waals surface area contributed by atoms with Crippen LogP contribution in [-0.4, -0.2) is 38.1 Å². The number of nitrogens with one attached hydrogen (secondary N) is 1. The first-order chi connectivity index (χ1) is 15.5. The van der Waals surface area contributed by atoms with Gasteiger partial charge in [0.2, 0.25) is 0 Å². The molecule has 2 aliphatic rings. The van der Waals surface area contributed by atoms with E-state index in [2.05, 4.69) is 20.4 Å². The summed E-state index contributed by atoms with van der Waals surface area (Å²) in [5, 5.41) is 7.47. The zero-order valence-electron chi connectivity index (χ0n) is 18.1. The lowest BCUT2D eigenvalue weighted by Crippen LogP contribution is -2.40. The lowest BCUT2D eigenvalue weighted by atomic mass is 9.94. The summed E-state index contributed by atoms with van der Waals surface area (Å²) in [6.07, 6.45) is 10.1. The number of aryl methyl sites for hydroxylation is 1. The van der Waals surface area contributed by atoms with Crippen molar-refractivity contribution in [1.29, 1.82) is 0 Å². The zero-order chi connectivity index (χ0) is 22.1. The minimum Gasteiger partial charge on any atom is -0.462 e. The number of nitrogens with zero attached hydrogens (tertiary/aromatic N) is 4. The second kappa shape index (κ2) is 8.14. The number of esters is 1. The monoisotopic (exact) mass is 435 g/mol. The summed E-state index contributed by atoms with van der Waals surface area (Å²) in [6, 6.07) is 5.62. The highest BCUT2D eigenvalue weighted by molar-refractivity contribution is 5.95. The van der Waals surface area contributed by atoms with Gasteiger partial charge in [0, 0.05) is 37.0 Å². The molecular weight excluding hydrogens is 410 g/mol. The Morgan fingerprint density at radius 1 is 1.19 bits per heavy atom. The van der Waals surface area contributed by atoms with Gasteiger partial charge in [-0.15, -0.1) is 0 Å². The van der Waals surface area contributed by atoms with Crippen LogP contribution in [0.25, 0.3) is 5.95 Å². The maximum atomic E-state index is 12.5. The van der Waals surface area contributed by atoms with E-state index in [1.807, 2.05) is 31.3 Å². The number of hydrogen-bond acceptors (Lipinski definition) is 8. The van der Waals surface area contributed by atoms with E-state index in [-0.39, 0.29) is 12.2 Å². The van der Waals surface area contributed by atoms with E-state index in [1.165, 1.54) is 12.6 Å². The molecule has 1 N–H and O–H groups in total. The summed E-state index contributed by atoms with van der Waals surface area (Å²) in [6.45, 7) is 3.94. The molecule has 0 amide bonds. The minimum atomic E-state index is -0.546. The van der Waals surface area contributed by atoms with Gasteiger partial charge in [-0.05, 0) is 44.4 Å². The number of rotatable bonds is 5. The Kier molecular flexibility index (Phi) is 5.16. The second-order valence-corrected chi connectivity index (χ2v) is 8.08. The molecule has 1 saturated carbocycles. The van der Waals surface area contributed by atoms with E-state index in [0.29, 0.717) is 23.2 Å². The Morgan fingerprint density at radius 2 is 2.00 bits per heavy atom. The van der Waals surface area contributed by atoms with Crippen LogP contribution >= 0.6 is 0 Å². The molecule has 0 unspecified atom stereocenters. The van der Waals surface area contributed by atoms with Crippen molar-refractivity contribution in [3.05, 3.63) is 47.9 Å². The van der Waals surface area contributed by atoms with Crippen molar-refractivity contribution in [1.82, 2.24) is 19.7 Å². The molecule has 1 aliphatic heterocycles. The molecule has 9 nitrogen and oxygen atoms in total. The number of aromatic nitrogens is 4. The molecule has 0 atom stereocenters. The number of hydrogen-bond donors (Lipinski definition) is 1. The second-order valence-electron chi connectivity index (χ2n) is 8.08. The highest BCUT2D eigenvalue weighted by Crippen LogP contribution is 2.46. The van der Waals surface area contributed by atoms with Gasteiger partial charge in [-0.3, -0.25) is 0 Å². The molecule has 9 heteroatoms. The summed E-state index contributed by atoms with van der Waals surface area (Å²) in [5.41, 5.74) is 1.93. The molecule has 0 saturated heterocycles. The maximum absolute atomic E-state index is 12.5. The largest absolute Gasteiger partial charge is 0.462 e. The van der Waals surface area contributed by atoms with E-state index in [0.717, 1.165) is 37.0 Å². The van der Waals surface area contributed by atoms with E-state index < -0.39 is 11.8 Å². The molecule has 3 heterocycles. The summed E-state index contributed by atoms with van der Waals surface area (Å²) < 4.78 is 19.1. The van der Waals surface area contributed by atoms with Gasteiger partial charge in [0.25, 0.3) is 11.7 Å². The lowest BCUT2D eigenvalue weighted by Gasteiger charge is -2.31. The number of ether oxygens (including phenoxy) is 3. The van der Waals surface area contributed by atoms with E-state index in [1.54, 1.807) is 17.8 Å². The molecule has 2 aromatic heterocycles. The van der Waals surface area contributed by atoms with Crippen LogP contribution in [0.4, 0.5) is 11.5 Å². The van der Waals surface area contributed by atoms with Crippen LogP contribution < -0.4 is 14.8 Å². The van der Waals surface area contributed by atoms with Gasteiger partial charge in [-0.25, -0.2) is 14.5 Å². The topological polar surface area (TPSA) is 100 Å². The minimum absolute atomic E-state index is 0.237. The van der Waals surface area contributed by atoms with Crippen LogP contribution in [0.15, 0.2) is 36.8 Å². The molecule has 1 spiro atoms. The first-order valence-electron chi connectivity index (χ1n) is 10.9. The van der Waals surface area contributed by atoms with Gasteiger partial charge in [-0.1, -0.05) is 6.42 Å². The zero-order valence-corrected chi connectivity index (χ0v) is 18.1. The standard InChI is InChI=1S/C23H25N5O4/c1-3-30-21(29)17-13-24-22(28-14-15(2)12-25-28)27-20(17)26-16-7-8-18-19(11-16)32-23(31-18)9-5-4-6-10-23/h7-8,11-14H,3-6,9-10H2,1-2H3,(H,24,26,27). The fourth-order valence-corrected chi connectivity index (χ4v) is 4.06. The van der Waals surface area contributed by atoms with Crippen LogP contribution in [0.2, 0.25) is 0 Å². The average Bonchev–Trinajstić information content (AvgIpc) is 3.37.